The smallest absolute Gasteiger partial charge is 0.206 e. The second kappa shape index (κ2) is 6.45. The van der Waals surface area contributed by atoms with Crippen molar-refractivity contribution in [2.45, 2.75) is 44.7 Å². The molecule has 0 unspecified atom stereocenters. The van der Waals surface area contributed by atoms with E-state index in [-0.39, 0.29) is 12.6 Å². The minimum atomic E-state index is -0.725. The lowest BCUT2D eigenvalue weighted by molar-refractivity contribution is -0.0424. The van der Waals surface area contributed by atoms with E-state index in [4.69, 9.17) is 27.9 Å². The fraction of sp³-hybridized carbons (Fsp3) is 0.533. The molecule has 1 fully saturated rings. The molecule has 2 aromatic rings. The first-order chi connectivity index (χ1) is 10.9. The number of anilines is 1. The van der Waals surface area contributed by atoms with Crippen molar-refractivity contribution in [2.24, 2.45) is 0 Å². The zero-order valence-corrected chi connectivity index (χ0v) is 14.3. The highest BCUT2D eigenvalue weighted by molar-refractivity contribution is 6.42. The Balaban J connectivity index is 2.10. The number of benzene rings is 1. The minimum absolute atomic E-state index is 0.163. The van der Waals surface area contributed by atoms with Gasteiger partial charge in [0.05, 0.1) is 33.8 Å². The number of halogens is 2. The molecule has 1 aliphatic heterocycles. The minimum Gasteiger partial charge on any atom is -0.394 e. The van der Waals surface area contributed by atoms with Gasteiger partial charge in [0, 0.05) is 12.5 Å². The fourth-order valence-electron chi connectivity index (χ4n) is 2.78. The van der Waals surface area contributed by atoms with E-state index in [0.29, 0.717) is 27.9 Å². The SMILES string of the molecule is CC(C)Nc1nc2cc(Cl)c(Cl)cc2n1[C@@H]1C[C@@H](O)[C@H](CO)O1. The summed E-state index contributed by atoms with van der Waals surface area (Å²) in [5, 5.41) is 23.4. The standard InChI is InChI=1S/C15H19Cl2N3O3/c1-7(2)18-15-19-10-3-8(16)9(17)4-11(10)20(15)14-5-12(22)13(6-21)23-14/h3-4,7,12-14,21-22H,5-6H2,1-2H3,(H,18,19)/t12-,13+,14+/m1/s1. The number of imidazole rings is 1. The lowest BCUT2D eigenvalue weighted by atomic mass is 10.2. The average Bonchev–Trinajstić information content (AvgIpc) is 2.99. The summed E-state index contributed by atoms with van der Waals surface area (Å²) >= 11 is 12.2. The van der Waals surface area contributed by atoms with Crippen LogP contribution >= 0.6 is 23.2 Å². The van der Waals surface area contributed by atoms with Crippen molar-refractivity contribution in [1.29, 1.82) is 0 Å². The molecular formula is C15H19Cl2N3O3. The normalized spacial score (nSPS) is 24.7. The molecule has 3 N–H and O–H groups in total. The Morgan fingerprint density at radius 2 is 2.09 bits per heavy atom. The summed E-state index contributed by atoms with van der Waals surface area (Å²) in [6, 6.07) is 3.60. The first-order valence-electron chi connectivity index (χ1n) is 7.48. The summed E-state index contributed by atoms with van der Waals surface area (Å²) in [5.41, 5.74) is 1.45. The van der Waals surface area contributed by atoms with Crippen LogP contribution in [0.15, 0.2) is 12.1 Å². The number of fused-ring (bicyclic) bond motifs is 1. The van der Waals surface area contributed by atoms with Crippen LogP contribution in [0.2, 0.25) is 10.0 Å². The third-order valence-corrected chi connectivity index (χ3v) is 4.54. The number of hydrogen-bond acceptors (Lipinski definition) is 5. The van der Waals surface area contributed by atoms with Gasteiger partial charge in [0.25, 0.3) is 0 Å². The van der Waals surface area contributed by atoms with Crippen LogP contribution < -0.4 is 5.32 Å². The molecule has 23 heavy (non-hydrogen) atoms. The van der Waals surface area contributed by atoms with Gasteiger partial charge >= 0.3 is 0 Å². The number of rotatable bonds is 4. The third kappa shape index (κ3) is 3.14. The molecule has 0 aliphatic carbocycles. The highest BCUT2D eigenvalue weighted by Crippen LogP contribution is 2.37. The molecule has 0 spiro atoms. The molecule has 0 amide bonds. The zero-order chi connectivity index (χ0) is 16.7. The third-order valence-electron chi connectivity index (χ3n) is 3.82. The number of nitrogens with zero attached hydrogens (tertiary/aromatic N) is 2. The zero-order valence-electron chi connectivity index (χ0n) is 12.8. The van der Waals surface area contributed by atoms with Gasteiger partial charge in [-0.2, -0.15) is 0 Å². The van der Waals surface area contributed by atoms with Crippen LogP contribution in [0, 0.1) is 0 Å². The summed E-state index contributed by atoms with van der Waals surface area (Å²) in [6.45, 7) is 3.78. The number of hydrogen-bond donors (Lipinski definition) is 3. The van der Waals surface area contributed by atoms with Crippen LogP contribution in [0.5, 0.6) is 0 Å². The van der Waals surface area contributed by atoms with Crippen molar-refractivity contribution >= 4 is 40.2 Å². The predicted octanol–water partition coefficient (Wildman–Crippen LogP) is 2.80. The molecule has 0 radical (unpaired) electrons. The number of ether oxygens (including phenoxy) is 1. The van der Waals surface area contributed by atoms with Crippen LogP contribution in [0.25, 0.3) is 11.0 Å². The summed E-state index contributed by atoms with van der Waals surface area (Å²) in [6.07, 6.45) is -1.40. The van der Waals surface area contributed by atoms with Gasteiger partial charge in [0.1, 0.15) is 12.3 Å². The van der Waals surface area contributed by atoms with Gasteiger partial charge in [-0.1, -0.05) is 23.2 Å². The number of aliphatic hydroxyl groups excluding tert-OH is 2. The molecule has 1 aromatic carbocycles. The van der Waals surface area contributed by atoms with Crippen molar-refractivity contribution in [1.82, 2.24) is 9.55 Å². The van der Waals surface area contributed by atoms with E-state index in [1.807, 2.05) is 18.4 Å². The molecule has 8 heteroatoms. The molecule has 1 aromatic heterocycles. The Morgan fingerprint density at radius 1 is 1.39 bits per heavy atom. The van der Waals surface area contributed by atoms with E-state index in [1.54, 1.807) is 12.1 Å². The van der Waals surface area contributed by atoms with Gasteiger partial charge in [-0.25, -0.2) is 4.98 Å². The lowest BCUT2D eigenvalue weighted by Crippen LogP contribution is -2.24. The van der Waals surface area contributed by atoms with Gasteiger partial charge in [-0.15, -0.1) is 0 Å². The lowest BCUT2D eigenvalue weighted by Gasteiger charge is -2.19. The second-order valence-electron chi connectivity index (χ2n) is 5.97. The summed E-state index contributed by atoms with van der Waals surface area (Å²) < 4.78 is 7.63. The van der Waals surface area contributed by atoms with Gasteiger partial charge in [0.15, 0.2) is 0 Å². The summed E-state index contributed by atoms with van der Waals surface area (Å²) in [7, 11) is 0. The molecule has 126 valence electrons. The summed E-state index contributed by atoms with van der Waals surface area (Å²) in [4.78, 5) is 4.56. The largest absolute Gasteiger partial charge is 0.394 e. The maximum Gasteiger partial charge on any atom is 0.206 e. The number of nitrogens with one attached hydrogen (secondary N) is 1. The van der Waals surface area contributed by atoms with E-state index in [1.165, 1.54) is 0 Å². The molecule has 6 nitrogen and oxygen atoms in total. The van der Waals surface area contributed by atoms with Crippen LogP contribution in [0.3, 0.4) is 0 Å². The Kier molecular flexibility index (Phi) is 4.71. The van der Waals surface area contributed by atoms with E-state index in [2.05, 4.69) is 10.3 Å². The molecule has 3 rings (SSSR count). The van der Waals surface area contributed by atoms with Crippen molar-refractivity contribution in [2.75, 3.05) is 11.9 Å². The maximum absolute atomic E-state index is 10.0. The molecule has 2 heterocycles. The highest BCUT2D eigenvalue weighted by Gasteiger charge is 2.36. The second-order valence-corrected chi connectivity index (χ2v) is 6.79. The first kappa shape index (κ1) is 16.8. The Labute approximate surface area is 144 Å². The van der Waals surface area contributed by atoms with E-state index in [0.717, 1.165) is 5.52 Å². The summed E-state index contributed by atoms with van der Waals surface area (Å²) in [5.74, 6) is 0.615. The quantitative estimate of drug-likeness (QED) is 0.782. The Morgan fingerprint density at radius 3 is 2.70 bits per heavy atom. The molecule has 3 atom stereocenters. The maximum atomic E-state index is 10.0. The van der Waals surface area contributed by atoms with Crippen molar-refractivity contribution in [3.05, 3.63) is 22.2 Å². The van der Waals surface area contributed by atoms with Crippen LogP contribution in [0.1, 0.15) is 26.5 Å². The van der Waals surface area contributed by atoms with E-state index in [9.17, 15) is 10.2 Å². The average molecular weight is 360 g/mol. The fourth-order valence-corrected chi connectivity index (χ4v) is 3.10. The van der Waals surface area contributed by atoms with Crippen LogP contribution in [-0.2, 0) is 4.74 Å². The monoisotopic (exact) mass is 359 g/mol. The van der Waals surface area contributed by atoms with Crippen molar-refractivity contribution in [3.8, 4) is 0 Å². The molecule has 0 saturated carbocycles. The van der Waals surface area contributed by atoms with Crippen LogP contribution in [-0.4, -0.2) is 44.6 Å². The van der Waals surface area contributed by atoms with Gasteiger partial charge in [0.2, 0.25) is 5.95 Å². The Hall–Kier alpha value is -1.05. The van der Waals surface area contributed by atoms with Crippen molar-refractivity contribution < 1.29 is 14.9 Å². The van der Waals surface area contributed by atoms with Crippen LogP contribution in [0.4, 0.5) is 5.95 Å². The van der Waals surface area contributed by atoms with Gasteiger partial charge in [-0.05, 0) is 26.0 Å². The topological polar surface area (TPSA) is 79.5 Å². The number of aromatic nitrogens is 2. The van der Waals surface area contributed by atoms with E-state index >= 15 is 0 Å². The Bertz CT molecular complexity index is 720. The van der Waals surface area contributed by atoms with Gasteiger partial charge in [-0.3, -0.25) is 4.57 Å². The molecule has 0 bridgehead atoms. The molecule has 1 saturated heterocycles. The first-order valence-corrected chi connectivity index (χ1v) is 8.24. The molecular weight excluding hydrogens is 341 g/mol. The number of aliphatic hydroxyl groups is 2. The highest BCUT2D eigenvalue weighted by atomic mass is 35.5. The molecule has 1 aliphatic rings. The van der Waals surface area contributed by atoms with Gasteiger partial charge < -0.3 is 20.3 Å². The van der Waals surface area contributed by atoms with Crippen molar-refractivity contribution in [3.63, 3.8) is 0 Å². The van der Waals surface area contributed by atoms with E-state index < -0.39 is 18.4 Å². The predicted molar refractivity (Wildman–Crippen MR) is 90.1 cm³/mol.